The fourth-order valence-corrected chi connectivity index (χ4v) is 1.86. The number of nitrogens with one attached hydrogen (secondary N) is 1. The molecule has 0 spiro atoms. The molecule has 0 atom stereocenters. The molecule has 0 bridgehead atoms. The van der Waals surface area contributed by atoms with Crippen molar-refractivity contribution in [3.63, 3.8) is 0 Å². The molecule has 1 heterocycles. The number of aliphatic imine (C=N–C) groups is 1. The predicted molar refractivity (Wildman–Crippen MR) is 61.0 cm³/mol. The molecule has 1 aromatic rings. The third kappa shape index (κ3) is 4.59. The third-order valence-corrected chi connectivity index (χ3v) is 2.72. The monoisotopic (exact) mass is 266 g/mol. The maximum Gasteiger partial charge on any atom is 0.434 e. The Kier molecular flexibility index (Phi) is 4.73. The van der Waals surface area contributed by atoms with Crippen molar-refractivity contribution in [1.29, 1.82) is 0 Å². The second-order valence-electron chi connectivity index (χ2n) is 3.17. The molecule has 0 aromatic carbocycles. The number of hydrogen-bond acceptors (Lipinski definition) is 3. The Bertz CT molecular complexity index is 386. The van der Waals surface area contributed by atoms with Crippen molar-refractivity contribution in [2.75, 3.05) is 13.1 Å². The molecular weight excluding hydrogens is 253 g/mol. The number of halogens is 3. The first kappa shape index (κ1) is 13.8. The minimum atomic E-state index is -4.37. The lowest BCUT2D eigenvalue weighted by atomic mass is 10.4. The van der Waals surface area contributed by atoms with Gasteiger partial charge in [-0.05, 0) is 6.92 Å². The van der Waals surface area contributed by atoms with Gasteiger partial charge in [-0.2, -0.15) is 13.2 Å². The highest BCUT2D eigenvalue weighted by atomic mass is 32.1. The van der Waals surface area contributed by atoms with Gasteiger partial charge in [0, 0.05) is 24.9 Å². The first-order valence-corrected chi connectivity index (χ1v) is 5.87. The van der Waals surface area contributed by atoms with Crippen LogP contribution in [0.15, 0.2) is 10.4 Å². The molecule has 0 aliphatic carbocycles. The zero-order chi connectivity index (χ0) is 12.9. The molecule has 0 fully saturated rings. The molecule has 0 radical (unpaired) electrons. The first-order chi connectivity index (χ1) is 7.93. The average Bonchev–Trinajstić information content (AvgIpc) is 2.66. The number of nitrogens with two attached hydrogens (primary N) is 1. The van der Waals surface area contributed by atoms with E-state index in [4.69, 9.17) is 5.73 Å². The summed E-state index contributed by atoms with van der Waals surface area (Å²) in [4.78, 5) is 7.44. The van der Waals surface area contributed by atoms with Crippen molar-refractivity contribution in [3.05, 3.63) is 16.1 Å². The van der Waals surface area contributed by atoms with Crippen LogP contribution < -0.4 is 11.1 Å². The molecule has 3 N–H and O–H groups in total. The SMILES string of the molecule is CCNC(N)=NCCc1nc(C(F)(F)F)cs1. The van der Waals surface area contributed by atoms with Gasteiger partial charge in [-0.15, -0.1) is 11.3 Å². The summed E-state index contributed by atoms with van der Waals surface area (Å²) in [5.74, 6) is 0.292. The van der Waals surface area contributed by atoms with Crippen LogP contribution in [-0.4, -0.2) is 24.0 Å². The number of nitrogens with zero attached hydrogens (tertiary/aromatic N) is 2. The van der Waals surface area contributed by atoms with Crippen LogP contribution in [-0.2, 0) is 12.6 Å². The van der Waals surface area contributed by atoms with E-state index in [1.54, 1.807) is 0 Å². The number of rotatable bonds is 4. The molecule has 0 unspecified atom stereocenters. The molecule has 4 nitrogen and oxygen atoms in total. The lowest BCUT2D eigenvalue weighted by Crippen LogP contribution is -2.31. The average molecular weight is 266 g/mol. The minimum absolute atomic E-state index is 0.292. The lowest BCUT2D eigenvalue weighted by Gasteiger charge is -2.01. The van der Waals surface area contributed by atoms with Crippen LogP contribution in [0.1, 0.15) is 17.6 Å². The zero-order valence-electron chi connectivity index (χ0n) is 9.21. The lowest BCUT2D eigenvalue weighted by molar-refractivity contribution is -0.140. The summed E-state index contributed by atoms with van der Waals surface area (Å²) in [5, 5.41) is 4.21. The molecule has 0 saturated heterocycles. The van der Waals surface area contributed by atoms with Crippen molar-refractivity contribution in [2.45, 2.75) is 19.5 Å². The van der Waals surface area contributed by atoms with Gasteiger partial charge in [0.15, 0.2) is 11.7 Å². The van der Waals surface area contributed by atoms with E-state index < -0.39 is 11.9 Å². The van der Waals surface area contributed by atoms with Gasteiger partial charge in [0.25, 0.3) is 0 Å². The second-order valence-corrected chi connectivity index (χ2v) is 4.11. The van der Waals surface area contributed by atoms with Crippen LogP contribution >= 0.6 is 11.3 Å². The third-order valence-electron chi connectivity index (χ3n) is 1.81. The molecule has 0 aliphatic heterocycles. The highest BCUT2D eigenvalue weighted by molar-refractivity contribution is 7.09. The van der Waals surface area contributed by atoms with E-state index in [2.05, 4.69) is 15.3 Å². The van der Waals surface area contributed by atoms with Gasteiger partial charge in [0.05, 0.1) is 5.01 Å². The van der Waals surface area contributed by atoms with Crippen LogP contribution in [0.5, 0.6) is 0 Å². The second kappa shape index (κ2) is 5.85. The zero-order valence-corrected chi connectivity index (χ0v) is 10.0. The highest BCUT2D eigenvalue weighted by Gasteiger charge is 2.33. The smallest absolute Gasteiger partial charge is 0.370 e. The number of thiazole rings is 1. The van der Waals surface area contributed by atoms with E-state index in [0.29, 0.717) is 30.5 Å². The Labute approximate surface area is 101 Å². The van der Waals surface area contributed by atoms with E-state index in [9.17, 15) is 13.2 Å². The molecule has 17 heavy (non-hydrogen) atoms. The summed E-state index contributed by atoms with van der Waals surface area (Å²) in [6.45, 7) is 2.85. The maximum absolute atomic E-state index is 12.2. The van der Waals surface area contributed by atoms with E-state index in [1.807, 2.05) is 6.92 Å². The number of aromatic nitrogens is 1. The summed E-state index contributed by atoms with van der Waals surface area (Å²) in [5.41, 5.74) is 4.62. The van der Waals surface area contributed by atoms with Crippen molar-refractivity contribution in [1.82, 2.24) is 10.3 Å². The molecule has 1 aromatic heterocycles. The van der Waals surface area contributed by atoms with Crippen LogP contribution in [0.3, 0.4) is 0 Å². The Hall–Kier alpha value is -1.31. The van der Waals surface area contributed by atoms with E-state index in [1.165, 1.54) is 0 Å². The summed E-state index contributed by atoms with van der Waals surface area (Å²) in [6.07, 6.45) is -4.02. The number of hydrogen-bond donors (Lipinski definition) is 2. The Morgan fingerprint density at radius 2 is 2.29 bits per heavy atom. The van der Waals surface area contributed by atoms with Gasteiger partial charge in [-0.25, -0.2) is 4.98 Å². The van der Waals surface area contributed by atoms with Gasteiger partial charge >= 0.3 is 6.18 Å². The standard InChI is InChI=1S/C9H13F3N4S/c1-2-14-8(13)15-4-3-7-16-6(5-17-7)9(10,11)12/h5H,2-4H2,1H3,(H3,13,14,15). The van der Waals surface area contributed by atoms with Gasteiger partial charge in [0.1, 0.15) is 0 Å². The summed E-state index contributed by atoms with van der Waals surface area (Å²) < 4.78 is 36.7. The molecular formula is C9H13F3N4S. The van der Waals surface area contributed by atoms with E-state index >= 15 is 0 Å². The van der Waals surface area contributed by atoms with E-state index in [0.717, 1.165) is 16.7 Å². The van der Waals surface area contributed by atoms with Crippen LogP contribution in [0.2, 0.25) is 0 Å². The molecule has 96 valence electrons. The van der Waals surface area contributed by atoms with Crippen LogP contribution in [0, 0.1) is 0 Å². The topological polar surface area (TPSA) is 63.3 Å². The van der Waals surface area contributed by atoms with Crippen molar-refractivity contribution in [3.8, 4) is 0 Å². The van der Waals surface area contributed by atoms with Gasteiger partial charge in [-0.3, -0.25) is 4.99 Å². The highest BCUT2D eigenvalue weighted by Crippen LogP contribution is 2.29. The van der Waals surface area contributed by atoms with Crippen molar-refractivity contribution in [2.24, 2.45) is 10.7 Å². The predicted octanol–water partition coefficient (Wildman–Crippen LogP) is 1.63. The number of guanidine groups is 1. The van der Waals surface area contributed by atoms with Gasteiger partial charge in [-0.1, -0.05) is 0 Å². The summed E-state index contributed by atoms with van der Waals surface area (Å²) in [6, 6.07) is 0. The Balaban J connectivity index is 2.48. The fourth-order valence-electron chi connectivity index (χ4n) is 1.06. The minimum Gasteiger partial charge on any atom is -0.370 e. The quantitative estimate of drug-likeness (QED) is 0.643. The fraction of sp³-hybridized carbons (Fsp3) is 0.556. The normalized spacial score (nSPS) is 12.8. The van der Waals surface area contributed by atoms with Crippen LogP contribution in [0.25, 0.3) is 0 Å². The molecule has 0 amide bonds. The first-order valence-electron chi connectivity index (χ1n) is 4.99. The van der Waals surface area contributed by atoms with Crippen LogP contribution in [0.4, 0.5) is 13.2 Å². The molecule has 0 aliphatic rings. The van der Waals surface area contributed by atoms with Gasteiger partial charge < -0.3 is 11.1 Å². The Morgan fingerprint density at radius 1 is 1.59 bits per heavy atom. The van der Waals surface area contributed by atoms with Crippen molar-refractivity contribution >= 4 is 17.3 Å². The molecule has 0 saturated carbocycles. The maximum atomic E-state index is 12.2. The molecule has 1 rings (SSSR count). The number of alkyl halides is 3. The van der Waals surface area contributed by atoms with Gasteiger partial charge in [0.2, 0.25) is 0 Å². The van der Waals surface area contributed by atoms with Crippen molar-refractivity contribution < 1.29 is 13.2 Å². The summed E-state index contributed by atoms with van der Waals surface area (Å²) in [7, 11) is 0. The molecule has 8 heteroatoms. The Morgan fingerprint density at radius 3 is 2.82 bits per heavy atom. The largest absolute Gasteiger partial charge is 0.434 e. The van der Waals surface area contributed by atoms with E-state index in [-0.39, 0.29) is 0 Å². The summed E-state index contributed by atoms with van der Waals surface area (Å²) >= 11 is 0.980.